The van der Waals surface area contributed by atoms with Crippen LogP contribution in [-0.4, -0.2) is 40.1 Å². The third-order valence-electron chi connectivity index (χ3n) is 4.09. The Bertz CT molecular complexity index is 472. The van der Waals surface area contributed by atoms with Gasteiger partial charge in [-0.1, -0.05) is 13.3 Å². The molecule has 1 aromatic rings. The summed E-state index contributed by atoms with van der Waals surface area (Å²) in [5.41, 5.74) is 0.881. The second kappa shape index (κ2) is 6.68. The highest BCUT2D eigenvalue weighted by molar-refractivity contribution is 7.11. The van der Waals surface area contributed by atoms with Crippen molar-refractivity contribution in [3.05, 3.63) is 15.6 Å². The summed E-state index contributed by atoms with van der Waals surface area (Å²) in [6.45, 7) is 8.62. The first-order valence-corrected chi connectivity index (χ1v) is 8.21. The number of carbonyl (C=O) groups is 1. The third kappa shape index (κ3) is 3.79. The van der Waals surface area contributed by atoms with Crippen LogP contribution in [0.3, 0.4) is 0 Å². The zero-order valence-electron chi connectivity index (χ0n) is 12.6. The highest BCUT2D eigenvalue weighted by atomic mass is 32.1. The van der Waals surface area contributed by atoms with E-state index in [1.54, 1.807) is 11.3 Å². The molecule has 1 aliphatic heterocycles. The minimum absolute atomic E-state index is 0.0936. The van der Waals surface area contributed by atoms with Crippen LogP contribution in [0, 0.1) is 6.92 Å². The van der Waals surface area contributed by atoms with E-state index in [1.807, 2.05) is 6.92 Å². The molecule has 0 saturated carbocycles. The minimum Gasteiger partial charge on any atom is -0.481 e. The lowest BCUT2D eigenvalue weighted by Crippen LogP contribution is -2.39. The highest BCUT2D eigenvalue weighted by Gasteiger charge is 2.22. The molecule has 20 heavy (non-hydrogen) atoms. The Hall–Kier alpha value is -0.940. The van der Waals surface area contributed by atoms with Gasteiger partial charge in [-0.3, -0.25) is 9.69 Å². The Labute approximate surface area is 124 Å². The van der Waals surface area contributed by atoms with Gasteiger partial charge >= 0.3 is 5.97 Å². The van der Waals surface area contributed by atoms with Crippen molar-refractivity contribution in [3.63, 3.8) is 0 Å². The van der Waals surface area contributed by atoms with E-state index < -0.39 is 5.97 Å². The molecule has 1 aliphatic rings. The predicted molar refractivity (Wildman–Crippen MR) is 81.5 cm³/mol. The first kappa shape index (κ1) is 15.4. The second-order valence-corrected chi connectivity index (χ2v) is 6.99. The van der Waals surface area contributed by atoms with E-state index in [9.17, 15) is 4.79 Å². The van der Waals surface area contributed by atoms with Crippen molar-refractivity contribution in [3.8, 4) is 0 Å². The Morgan fingerprint density at radius 1 is 1.55 bits per heavy atom. The number of aliphatic carboxylic acids is 1. The number of rotatable bonds is 5. The summed E-state index contributed by atoms with van der Waals surface area (Å²) >= 11 is 1.57. The van der Waals surface area contributed by atoms with E-state index in [0.717, 1.165) is 22.1 Å². The van der Waals surface area contributed by atoms with E-state index in [2.05, 4.69) is 23.7 Å². The molecule has 0 aromatic carbocycles. The van der Waals surface area contributed by atoms with Crippen LogP contribution in [-0.2, 0) is 11.2 Å². The summed E-state index contributed by atoms with van der Waals surface area (Å²) in [5, 5.41) is 9.99. The van der Waals surface area contributed by atoms with Crippen LogP contribution in [0.2, 0.25) is 0 Å². The molecule has 1 fully saturated rings. The monoisotopic (exact) mass is 296 g/mol. The first-order valence-electron chi connectivity index (χ1n) is 7.39. The Balaban J connectivity index is 2.01. The highest BCUT2D eigenvalue weighted by Crippen LogP contribution is 2.28. The summed E-state index contributed by atoms with van der Waals surface area (Å²) in [6.07, 6.45) is 4.01. The van der Waals surface area contributed by atoms with Crippen LogP contribution in [0.4, 0.5) is 0 Å². The van der Waals surface area contributed by atoms with E-state index in [1.165, 1.54) is 25.8 Å². The maximum Gasteiger partial charge on any atom is 0.308 e. The SMILES string of the molecule is Cc1nc(C(C)CN2CCCCC2C)sc1CC(=O)O. The van der Waals surface area contributed by atoms with Crippen molar-refractivity contribution in [2.75, 3.05) is 13.1 Å². The van der Waals surface area contributed by atoms with Crippen LogP contribution >= 0.6 is 11.3 Å². The number of carboxylic acids is 1. The average molecular weight is 296 g/mol. The topological polar surface area (TPSA) is 53.4 Å². The summed E-state index contributed by atoms with van der Waals surface area (Å²) < 4.78 is 0. The molecule has 4 nitrogen and oxygen atoms in total. The van der Waals surface area contributed by atoms with Crippen molar-refractivity contribution < 1.29 is 9.90 Å². The summed E-state index contributed by atoms with van der Waals surface area (Å²) in [5.74, 6) is -0.401. The van der Waals surface area contributed by atoms with Gasteiger partial charge in [0.1, 0.15) is 0 Å². The van der Waals surface area contributed by atoms with Crippen LogP contribution < -0.4 is 0 Å². The molecular weight excluding hydrogens is 272 g/mol. The fourth-order valence-corrected chi connectivity index (χ4v) is 3.92. The molecule has 0 radical (unpaired) electrons. The maximum absolute atomic E-state index is 10.8. The van der Waals surface area contributed by atoms with Crippen molar-refractivity contribution in [1.29, 1.82) is 0 Å². The van der Waals surface area contributed by atoms with E-state index in [-0.39, 0.29) is 6.42 Å². The molecule has 5 heteroatoms. The molecular formula is C15H24N2O2S. The molecule has 1 saturated heterocycles. The van der Waals surface area contributed by atoms with Gasteiger partial charge in [-0.2, -0.15) is 0 Å². The fourth-order valence-electron chi connectivity index (χ4n) is 2.82. The third-order valence-corrected chi connectivity index (χ3v) is 5.48. The zero-order chi connectivity index (χ0) is 14.7. The molecule has 0 amide bonds. The van der Waals surface area contributed by atoms with Crippen LogP contribution in [0.1, 0.15) is 54.6 Å². The van der Waals surface area contributed by atoms with Crippen molar-refractivity contribution in [1.82, 2.24) is 9.88 Å². The average Bonchev–Trinajstić information content (AvgIpc) is 2.73. The molecule has 1 aromatic heterocycles. The van der Waals surface area contributed by atoms with Gasteiger partial charge in [-0.05, 0) is 33.2 Å². The number of aryl methyl sites for hydroxylation is 1. The molecule has 112 valence electrons. The maximum atomic E-state index is 10.8. The van der Waals surface area contributed by atoms with E-state index in [4.69, 9.17) is 5.11 Å². The standard InChI is InChI=1S/C15H24N2O2S/c1-10(9-17-7-5-4-6-11(17)2)15-16-12(3)13(20-15)8-14(18)19/h10-11H,4-9H2,1-3H3,(H,18,19). The molecule has 0 bridgehead atoms. The number of likely N-dealkylation sites (tertiary alicyclic amines) is 1. The largest absolute Gasteiger partial charge is 0.481 e. The second-order valence-electron chi connectivity index (χ2n) is 5.87. The Morgan fingerprint density at radius 2 is 2.30 bits per heavy atom. The number of hydrogen-bond donors (Lipinski definition) is 1. The molecule has 1 N–H and O–H groups in total. The normalized spacial score (nSPS) is 21.9. The van der Waals surface area contributed by atoms with Crippen LogP contribution in [0.15, 0.2) is 0 Å². The zero-order valence-corrected chi connectivity index (χ0v) is 13.4. The van der Waals surface area contributed by atoms with Gasteiger partial charge in [0.05, 0.1) is 17.1 Å². The van der Waals surface area contributed by atoms with Crippen LogP contribution in [0.25, 0.3) is 0 Å². The molecule has 0 aliphatic carbocycles. The molecule has 2 unspecified atom stereocenters. The fraction of sp³-hybridized carbons (Fsp3) is 0.733. The number of piperidine rings is 1. The number of carboxylic acid groups (broad SMARTS) is 1. The summed E-state index contributed by atoms with van der Waals surface area (Å²) in [4.78, 5) is 18.9. The summed E-state index contributed by atoms with van der Waals surface area (Å²) in [6, 6.07) is 0.658. The number of thiazole rings is 1. The Kier molecular flexibility index (Phi) is 5.16. The van der Waals surface area contributed by atoms with Gasteiger partial charge in [-0.25, -0.2) is 4.98 Å². The summed E-state index contributed by atoms with van der Waals surface area (Å²) in [7, 11) is 0. The lowest BCUT2D eigenvalue weighted by Gasteiger charge is -2.34. The van der Waals surface area contributed by atoms with Crippen molar-refractivity contribution >= 4 is 17.3 Å². The smallest absolute Gasteiger partial charge is 0.308 e. The van der Waals surface area contributed by atoms with Gasteiger partial charge in [0, 0.05) is 23.4 Å². The molecule has 0 spiro atoms. The first-order chi connectivity index (χ1) is 9.47. The van der Waals surface area contributed by atoms with Gasteiger partial charge in [-0.15, -0.1) is 11.3 Å². The van der Waals surface area contributed by atoms with Gasteiger partial charge in [0.25, 0.3) is 0 Å². The Morgan fingerprint density at radius 3 is 2.95 bits per heavy atom. The van der Waals surface area contributed by atoms with Crippen molar-refractivity contribution in [2.24, 2.45) is 0 Å². The molecule has 2 rings (SSSR count). The number of nitrogens with zero attached hydrogens (tertiary/aromatic N) is 2. The molecule has 2 heterocycles. The number of aromatic nitrogens is 1. The number of hydrogen-bond acceptors (Lipinski definition) is 4. The van der Waals surface area contributed by atoms with Crippen molar-refractivity contribution in [2.45, 2.75) is 58.4 Å². The minimum atomic E-state index is -0.777. The van der Waals surface area contributed by atoms with Gasteiger partial charge in [0.15, 0.2) is 0 Å². The predicted octanol–water partition coefficient (Wildman–Crippen LogP) is 3.06. The van der Waals surface area contributed by atoms with E-state index in [0.29, 0.717) is 12.0 Å². The van der Waals surface area contributed by atoms with E-state index >= 15 is 0 Å². The quantitative estimate of drug-likeness (QED) is 0.907. The lowest BCUT2D eigenvalue weighted by atomic mass is 10.0. The van der Waals surface area contributed by atoms with Gasteiger partial charge in [0.2, 0.25) is 0 Å². The van der Waals surface area contributed by atoms with Crippen LogP contribution in [0.5, 0.6) is 0 Å². The lowest BCUT2D eigenvalue weighted by molar-refractivity contribution is -0.136. The molecule has 2 atom stereocenters. The van der Waals surface area contributed by atoms with Gasteiger partial charge < -0.3 is 5.11 Å².